The molecule has 0 radical (unpaired) electrons. The van der Waals surface area contributed by atoms with Crippen molar-refractivity contribution >= 4 is 22.9 Å². The van der Waals surface area contributed by atoms with E-state index in [1.807, 2.05) is 19.1 Å². The van der Waals surface area contributed by atoms with Crippen LogP contribution in [0.15, 0.2) is 42.0 Å². The van der Waals surface area contributed by atoms with E-state index in [9.17, 15) is 4.79 Å². The van der Waals surface area contributed by atoms with Crippen LogP contribution in [-0.4, -0.2) is 25.9 Å². The molecule has 3 rings (SSSR count). The zero-order valence-electron chi connectivity index (χ0n) is 10.6. The van der Waals surface area contributed by atoms with Gasteiger partial charge in [0, 0.05) is 11.1 Å². The lowest BCUT2D eigenvalue weighted by molar-refractivity contribution is 0.102. The molecule has 2 heterocycles. The molecule has 2 aromatic heterocycles. The highest BCUT2D eigenvalue weighted by molar-refractivity contribution is 7.09. The smallest absolute Gasteiger partial charge is 0.275 e. The van der Waals surface area contributed by atoms with Gasteiger partial charge in [-0.05, 0) is 31.2 Å². The second-order valence-electron chi connectivity index (χ2n) is 4.07. The van der Waals surface area contributed by atoms with Crippen LogP contribution >= 0.6 is 11.3 Å². The monoisotopic (exact) mass is 285 g/mol. The Morgan fingerprint density at radius 1 is 1.20 bits per heavy atom. The SMILES string of the molecule is Cc1nc(C(=O)Nc2ccc(-n3nccn3)cc2)cs1. The lowest BCUT2D eigenvalue weighted by Crippen LogP contribution is -2.12. The zero-order chi connectivity index (χ0) is 13.9. The summed E-state index contributed by atoms with van der Waals surface area (Å²) >= 11 is 1.45. The van der Waals surface area contributed by atoms with Crippen LogP contribution in [0.4, 0.5) is 5.69 Å². The molecular weight excluding hydrogens is 274 g/mol. The van der Waals surface area contributed by atoms with E-state index in [-0.39, 0.29) is 5.91 Å². The first-order valence-electron chi connectivity index (χ1n) is 5.92. The van der Waals surface area contributed by atoms with Gasteiger partial charge in [0.2, 0.25) is 0 Å². The van der Waals surface area contributed by atoms with Crippen molar-refractivity contribution in [1.29, 1.82) is 0 Å². The maximum absolute atomic E-state index is 11.9. The molecule has 1 aromatic carbocycles. The van der Waals surface area contributed by atoms with Gasteiger partial charge in [-0.25, -0.2) is 4.98 Å². The van der Waals surface area contributed by atoms with Crippen molar-refractivity contribution in [3.05, 3.63) is 52.7 Å². The second-order valence-corrected chi connectivity index (χ2v) is 5.13. The third-order valence-corrected chi connectivity index (χ3v) is 3.40. The normalized spacial score (nSPS) is 10.4. The zero-order valence-corrected chi connectivity index (χ0v) is 11.5. The first-order chi connectivity index (χ1) is 9.72. The summed E-state index contributed by atoms with van der Waals surface area (Å²) < 4.78 is 0. The van der Waals surface area contributed by atoms with Crippen LogP contribution in [0.1, 0.15) is 15.5 Å². The Hall–Kier alpha value is -2.54. The fraction of sp³-hybridized carbons (Fsp3) is 0.0769. The van der Waals surface area contributed by atoms with E-state index in [4.69, 9.17) is 0 Å². The molecule has 100 valence electrons. The molecule has 0 aliphatic heterocycles. The number of amides is 1. The molecule has 3 aromatic rings. The van der Waals surface area contributed by atoms with Crippen LogP contribution in [0.25, 0.3) is 5.69 Å². The van der Waals surface area contributed by atoms with Crippen LogP contribution in [-0.2, 0) is 0 Å². The van der Waals surface area contributed by atoms with Gasteiger partial charge < -0.3 is 5.32 Å². The molecule has 6 nitrogen and oxygen atoms in total. The van der Waals surface area contributed by atoms with Gasteiger partial charge >= 0.3 is 0 Å². The van der Waals surface area contributed by atoms with Gasteiger partial charge in [-0.15, -0.1) is 11.3 Å². The van der Waals surface area contributed by atoms with E-state index in [1.54, 1.807) is 29.9 Å². The number of aryl methyl sites for hydroxylation is 1. The highest BCUT2D eigenvalue weighted by atomic mass is 32.1. The number of nitrogens with one attached hydrogen (secondary N) is 1. The number of carbonyl (C=O) groups excluding carboxylic acids is 1. The van der Waals surface area contributed by atoms with Crippen molar-refractivity contribution in [3.8, 4) is 5.69 Å². The molecule has 0 aliphatic carbocycles. The molecule has 0 bridgehead atoms. The van der Waals surface area contributed by atoms with E-state index in [1.165, 1.54) is 16.1 Å². The van der Waals surface area contributed by atoms with E-state index >= 15 is 0 Å². The fourth-order valence-corrected chi connectivity index (χ4v) is 2.28. The van der Waals surface area contributed by atoms with E-state index in [2.05, 4.69) is 20.5 Å². The number of hydrogen-bond acceptors (Lipinski definition) is 5. The minimum absolute atomic E-state index is 0.209. The van der Waals surface area contributed by atoms with Crippen molar-refractivity contribution < 1.29 is 4.79 Å². The number of rotatable bonds is 3. The molecule has 0 spiro atoms. The van der Waals surface area contributed by atoms with Crippen LogP contribution in [0, 0.1) is 6.92 Å². The minimum atomic E-state index is -0.209. The van der Waals surface area contributed by atoms with Crippen LogP contribution in [0.5, 0.6) is 0 Å². The Morgan fingerprint density at radius 2 is 1.90 bits per heavy atom. The molecule has 0 fully saturated rings. The Labute approximate surface area is 119 Å². The lowest BCUT2D eigenvalue weighted by atomic mass is 10.3. The largest absolute Gasteiger partial charge is 0.321 e. The van der Waals surface area contributed by atoms with E-state index in [0.717, 1.165) is 10.7 Å². The van der Waals surface area contributed by atoms with Crippen molar-refractivity contribution in [2.45, 2.75) is 6.92 Å². The maximum Gasteiger partial charge on any atom is 0.275 e. The summed E-state index contributed by atoms with van der Waals surface area (Å²) in [7, 11) is 0. The Bertz CT molecular complexity index is 718. The summed E-state index contributed by atoms with van der Waals surface area (Å²) in [5.41, 5.74) is 1.97. The van der Waals surface area contributed by atoms with Gasteiger partial charge in [0.1, 0.15) is 5.69 Å². The third kappa shape index (κ3) is 2.57. The Balaban J connectivity index is 1.74. The number of thiazole rings is 1. The lowest BCUT2D eigenvalue weighted by Gasteiger charge is -2.04. The number of benzene rings is 1. The quantitative estimate of drug-likeness (QED) is 0.801. The summed E-state index contributed by atoms with van der Waals surface area (Å²) in [5, 5.41) is 13.5. The first kappa shape index (κ1) is 12.5. The summed E-state index contributed by atoms with van der Waals surface area (Å²) in [6, 6.07) is 7.27. The summed E-state index contributed by atoms with van der Waals surface area (Å²) in [6.45, 7) is 1.87. The number of nitrogens with zero attached hydrogens (tertiary/aromatic N) is 4. The van der Waals surface area contributed by atoms with Crippen LogP contribution in [0.2, 0.25) is 0 Å². The summed E-state index contributed by atoms with van der Waals surface area (Å²) in [5.74, 6) is -0.209. The average molecular weight is 285 g/mol. The van der Waals surface area contributed by atoms with Gasteiger partial charge in [-0.3, -0.25) is 4.79 Å². The van der Waals surface area contributed by atoms with E-state index in [0.29, 0.717) is 11.4 Å². The summed E-state index contributed by atoms with van der Waals surface area (Å²) in [4.78, 5) is 17.6. The van der Waals surface area contributed by atoms with Crippen LogP contribution < -0.4 is 5.32 Å². The van der Waals surface area contributed by atoms with Gasteiger partial charge in [0.25, 0.3) is 5.91 Å². The minimum Gasteiger partial charge on any atom is -0.321 e. The Morgan fingerprint density at radius 3 is 2.50 bits per heavy atom. The second kappa shape index (κ2) is 5.22. The maximum atomic E-state index is 11.9. The number of carbonyl (C=O) groups is 1. The molecule has 0 aliphatic rings. The fourth-order valence-electron chi connectivity index (χ4n) is 1.69. The van der Waals surface area contributed by atoms with Gasteiger partial charge in [-0.1, -0.05) is 0 Å². The Kier molecular flexibility index (Phi) is 3.26. The van der Waals surface area contributed by atoms with Crippen molar-refractivity contribution in [2.75, 3.05) is 5.32 Å². The number of anilines is 1. The van der Waals surface area contributed by atoms with Crippen molar-refractivity contribution in [3.63, 3.8) is 0 Å². The number of aromatic nitrogens is 4. The van der Waals surface area contributed by atoms with E-state index < -0.39 is 0 Å². The average Bonchev–Trinajstić information content (AvgIpc) is 3.10. The number of hydrogen-bond donors (Lipinski definition) is 1. The predicted octanol–water partition coefficient (Wildman–Crippen LogP) is 2.28. The molecule has 7 heteroatoms. The highest BCUT2D eigenvalue weighted by Crippen LogP contribution is 2.14. The molecule has 20 heavy (non-hydrogen) atoms. The molecular formula is C13H11N5OS. The molecule has 0 saturated heterocycles. The predicted molar refractivity (Wildman–Crippen MR) is 76.2 cm³/mol. The molecule has 0 unspecified atom stereocenters. The van der Waals surface area contributed by atoms with Gasteiger partial charge in [0.05, 0.1) is 23.1 Å². The van der Waals surface area contributed by atoms with Crippen molar-refractivity contribution in [1.82, 2.24) is 20.0 Å². The highest BCUT2D eigenvalue weighted by Gasteiger charge is 2.09. The standard InChI is InChI=1S/C13H11N5OS/c1-9-16-12(8-20-9)13(19)17-10-2-4-11(5-3-10)18-14-6-7-15-18/h2-8H,1H3,(H,17,19). The van der Waals surface area contributed by atoms with Gasteiger partial charge in [0.15, 0.2) is 0 Å². The molecule has 1 N–H and O–H groups in total. The molecule has 0 saturated carbocycles. The third-order valence-electron chi connectivity index (χ3n) is 2.63. The van der Waals surface area contributed by atoms with Crippen molar-refractivity contribution in [2.24, 2.45) is 0 Å². The van der Waals surface area contributed by atoms with Crippen LogP contribution in [0.3, 0.4) is 0 Å². The van der Waals surface area contributed by atoms with Gasteiger partial charge in [-0.2, -0.15) is 15.0 Å². The molecule has 0 atom stereocenters. The first-order valence-corrected chi connectivity index (χ1v) is 6.80. The summed E-state index contributed by atoms with van der Waals surface area (Å²) in [6.07, 6.45) is 3.22. The molecule has 1 amide bonds. The topological polar surface area (TPSA) is 72.7 Å².